The molecule has 2 amide bonds. The van der Waals surface area contributed by atoms with Gasteiger partial charge in [-0.1, -0.05) is 0 Å². The number of aliphatic carboxylic acids is 1. The summed E-state index contributed by atoms with van der Waals surface area (Å²) in [6.45, 7) is 1.52. The molecular formula is C11H17N5O3. The molecule has 0 bridgehead atoms. The van der Waals surface area contributed by atoms with E-state index >= 15 is 0 Å². The lowest BCUT2D eigenvalue weighted by Crippen LogP contribution is -2.54. The second kappa shape index (κ2) is 5.68. The Bertz CT molecular complexity index is 467. The Kier molecular flexibility index (Phi) is 3.98. The number of hydrogen-bond acceptors (Lipinski definition) is 4. The fourth-order valence-corrected chi connectivity index (χ4v) is 2.04. The van der Waals surface area contributed by atoms with Crippen LogP contribution in [0.4, 0.5) is 4.79 Å². The zero-order valence-corrected chi connectivity index (χ0v) is 10.7. The zero-order valence-electron chi connectivity index (χ0n) is 10.7. The van der Waals surface area contributed by atoms with Crippen LogP contribution in [-0.4, -0.2) is 56.4 Å². The molecule has 0 spiro atoms. The minimum atomic E-state index is -0.813. The first-order valence-electron chi connectivity index (χ1n) is 6.13. The number of likely N-dealkylation sites (tertiary alicyclic amines) is 1. The summed E-state index contributed by atoms with van der Waals surface area (Å²) in [6.07, 6.45) is 2.36. The predicted molar refractivity (Wildman–Crippen MR) is 65.4 cm³/mol. The van der Waals surface area contributed by atoms with E-state index < -0.39 is 5.97 Å². The number of nitrogens with zero attached hydrogens (tertiary/aromatic N) is 4. The fourth-order valence-electron chi connectivity index (χ4n) is 2.04. The van der Waals surface area contributed by atoms with E-state index in [-0.39, 0.29) is 18.4 Å². The van der Waals surface area contributed by atoms with Gasteiger partial charge in [-0.05, 0) is 0 Å². The number of amides is 2. The number of rotatable bonds is 5. The first-order chi connectivity index (χ1) is 9.06. The number of aryl methyl sites for hydroxylation is 1. The molecule has 1 aromatic heterocycles. The zero-order chi connectivity index (χ0) is 13.8. The van der Waals surface area contributed by atoms with E-state index in [1.165, 1.54) is 0 Å². The Morgan fingerprint density at radius 2 is 2.26 bits per heavy atom. The molecule has 1 saturated heterocycles. The molecule has 0 aromatic carbocycles. The first kappa shape index (κ1) is 13.3. The highest BCUT2D eigenvalue weighted by atomic mass is 16.4. The summed E-state index contributed by atoms with van der Waals surface area (Å²) in [5, 5.41) is 19.1. The van der Waals surface area contributed by atoms with Crippen LogP contribution < -0.4 is 5.32 Å². The molecule has 8 nitrogen and oxygen atoms in total. The van der Waals surface area contributed by atoms with Gasteiger partial charge in [0.1, 0.15) is 12.2 Å². The molecule has 0 atom stereocenters. The molecule has 1 aliphatic heterocycles. The van der Waals surface area contributed by atoms with Crippen LogP contribution in [0, 0.1) is 5.92 Å². The Morgan fingerprint density at radius 3 is 2.84 bits per heavy atom. The Balaban J connectivity index is 1.64. The number of carbonyl (C=O) groups excluding carboxylic acids is 1. The largest absolute Gasteiger partial charge is 0.481 e. The van der Waals surface area contributed by atoms with Crippen molar-refractivity contribution in [2.45, 2.75) is 12.8 Å². The van der Waals surface area contributed by atoms with Crippen LogP contribution >= 0.6 is 0 Å². The summed E-state index contributed by atoms with van der Waals surface area (Å²) >= 11 is 0. The van der Waals surface area contributed by atoms with Crippen LogP contribution in [-0.2, 0) is 18.3 Å². The van der Waals surface area contributed by atoms with Crippen LogP contribution in [0.25, 0.3) is 0 Å². The third-order valence-electron chi connectivity index (χ3n) is 3.14. The highest BCUT2D eigenvalue weighted by Gasteiger charge is 2.31. The van der Waals surface area contributed by atoms with E-state index in [9.17, 15) is 9.59 Å². The lowest BCUT2D eigenvalue weighted by Gasteiger charge is -2.38. The maximum absolute atomic E-state index is 11.7. The summed E-state index contributed by atoms with van der Waals surface area (Å²) < 4.78 is 1.80. The topological polar surface area (TPSA) is 100 Å². The van der Waals surface area contributed by atoms with Gasteiger partial charge in [0.15, 0.2) is 0 Å². The molecule has 19 heavy (non-hydrogen) atoms. The lowest BCUT2D eigenvalue weighted by molar-refractivity contribution is -0.139. The number of carboxylic acid groups (broad SMARTS) is 1. The van der Waals surface area contributed by atoms with Gasteiger partial charge in [0.25, 0.3) is 0 Å². The van der Waals surface area contributed by atoms with E-state index in [1.807, 2.05) is 7.05 Å². The second-order valence-corrected chi connectivity index (χ2v) is 4.71. The average Bonchev–Trinajstić information content (AvgIpc) is 2.68. The predicted octanol–water partition coefficient (Wildman–Crippen LogP) is -0.526. The van der Waals surface area contributed by atoms with Crippen molar-refractivity contribution < 1.29 is 14.7 Å². The van der Waals surface area contributed by atoms with Crippen molar-refractivity contribution in [3.05, 3.63) is 12.2 Å². The van der Waals surface area contributed by atoms with Crippen LogP contribution in [0.1, 0.15) is 12.2 Å². The van der Waals surface area contributed by atoms with Crippen molar-refractivity contribution in [3.63, 3.8) is 0 Å². The molecule has 104 valence electrons. The number of nitrogens with one attached hydrogen (secondary N) is 1. The molecule has 0 aliphatic carbocycles. The molecule has 2 N–H and O–H groups in total. The SMILES string of the molecule is Cn1cnnc1CCNC(=O)N1CC(CC(=O)O)C1. The van der Waals surface area contributed by atoms with E-state index in [2.05, 4.69) is 15.5 Å². The number of carbonyl (C=O) groups is 2. The van der Waals surface area contributed by atoms with Gasteiger partial charge in [-0.15, -0.1) is 10.2 Å². The van der Waals surface area contributed by atoms with Gasteiger partial charge < -0.3 is 19.9 Å². The van der Waals surface area contributed by atoms with Crippen molar-refractivity contribution >= 4 is 12.0 Å². The molecule has 0 unspecified atom stereocenters. The van der Waals surface area contributed by atoms with Gasteiger partial charge in [0.2, 0.25) is 0 Å². The van der Waals surface area contributed by atoms with Crippen LogP contribution in [0.5, 0.6) is 0 Å². The minimum absolute atomic E-state index is 0.0852. The number of aromatic nitrogens is 3. The molecule has 0 radical (unpaired) electrons. The Morgan fingerprint density at radius 1 is 1.53 bits per heavy atom. The summed E-state index contributed by atoms with van der Waals surface area (Å²) in [5.41, 5.74) is 0. The normalized spacial score (nSPS) is 15.1. The maximum Gasteiger partial charge on any atom is 0.317 e. The highest BCUT2D eigenvalue weighted by molar-refractivity contribution is 5.75. The van der Waals surface area contributed by atoms with Crippen LogP contribution in [0.3, 0.4) is 0 Å². The fraction of sp³-hybridized carbons (Fsp3) is 0.636. The molecule has 2 heterocycles. The standard InChI is InChI=1S/C11H17N5O3/c1-15-7-13-14-9(15)2-3-12-11(19)16-5-8(6-16)4-10(17)18/h7-8H,2-6H2,1H3,(H,12,19)(H,17,18). The molecule has 0 saturated carbocycles. The summed E-state index contributed by atoms with van der Waals surface area (Å²) in [5.74, 6) is 0.0852. The maximum atomic E-state index is 11.7. The summed E-state index contributed by atoms with van der Waals surface area (Å²) in [4.78, 5) is 23.8. The van der Waals surface area contributed by atoms with E-state index in [1.54, 1.807) is 15.8 Å². The third kappa shape index (κ3) is 3.43. The summed E-state index contributed by atoms with van der Waals surface area (Å²) in [6, 6.07) is -0.149. The van der Waals surface area contributed by atoms with Gasteiger partial charge in [-0.2, -0.15) is 0 Å². The number of urea groups is 1. The average molecular weight is 267 g/mol. The quantitative estimate of drug-likeness (QED) is 0.747. The van der Waals surface area contributed by atoms with Gasteiger partial charge >= 0.3 is 12.0 Å². The Hall–Kier alpha value is -2.12. The Labute approximate surface area is 110 Å². The molecular weight excluding hydrogens is 250 g/mol. The monoisotopic (exact) mass is 267 g/mol. The van der Waals surface area contributed by atoms with Gasteiger partial charge in [-0.3, -0.25) is 4.79 Å². The molecule has 1 aliphatic rings. The smallest absolute Gasteiger partial charge is 0.317 e. The van der Waals surface area contributed by atoms with E-state index in [0.29, 0.717) is 26.1 Å². The van der Waals surface area contributed by atoms with Gasteiger partial charge in [-0.25, -0.2) is 4.79 Å². The van der Waals surface area contributed by atoms with Crippen molar-refractivity contribution in [2.75, 3.05) is 19.6 Å². The van der Waals surface area contributed by atoms with Crippen molar-refractivity contribution in [2.24, 2.45) is 13.0 Å². The first-order valence-corrected chi connectivity index (χ1v) is 6.13. The molecule has 1 aromatic rings. The van der Waals surface area contributed by atoms with Crippen molar-refractivity contribution in [1.82, 2.24) is 25.0 Å². The third-order valence-corrected chi connectivity index (χ3v) is 3.14. The molecule has 2 rings (SSSR count). The van der Waals surface area contributed by atoms with Crippen LogP contribution in [0.2, 0.25) is 0 Å². The number of hydrogen-bond donors (Lipinski definition) is 2. The van der Waals surface area contributed by atoms with E-state index in [4.69, 9.17) is 5.11 Å². The lowest BCUT2D eigenvalue weighted by atomic mass is 9.97. The highest BCUT2D eigenvalue weighted by Crippen LogP contribution is 2.18. The van der Waals surface area contributed by atoms with Crippen molar-refractivity contribution in [3.8, 4) is 0 Å². The molecule has 1 fully saturated rings. The second-order valence-electron chi connectivity index (χ2n) is 4.71. The van der Waals surface area contributed by atoms with E-state index in [0.717, 1.165) is 5.82 Å². The summed E-state index contributed by atoms with van der Waals surface area (Å²) in [7, 11) is 1.85. The van der Waals surface area contributed by atoms with Crippen molar-refractivity contribution in [1.29, 1.82) is 0 Å². The molecule has 8 heteroatoms. The minimum Gasteiger partial charge on any atom is -0.481 e. The van der Waals surface area contributed by atoms with Gasteiger partial charge in [0.05, 0.1) is 6.42 Å². The van der Waals surface area contributed by atoms with Crippen LogP contribution in [0.15, 0.2) is 6.33 Å². The number of carboxylic acids is 1. The van der Waals surface area contributed by atoms with Gasteiger partial charge in [0, 0.05) is 39.0 Å².